The third kappa shape index (κ3) is 3.87. The molecule has 1 heterocycles. The van der Waals surface area contributed by atoms with E-state index < -0.39 is 5.82 Å². The minimum atomic E-state index is -0.434. The number of hydrogen-bond acceptors (Lipinski definition) is 3. The van der Waals surface area contributed by atoms with Crippen LogP contribution in [0.3, 0.4) is 0 Å². The Balaban J connectivity index is 1.81. The van der Waals surface area contributed by atoms with Crippen molar-refractivity contribution in [3.8, 4) is 0 Å². The van der Waals surface area contributed by atoms with Crippen molar-refractivity contribution < 1.29 is 14.0 Å². The van der Waals surface area contributed by atoms with Crippen LogP contribution < -0.4 is 5.32 Å². The van der Waals surface area contributed by atoms with Crippen LogP contribution in [0, 0.1) is 11.7 Å². The number of carbonyl (C=O) groups is 2. The normalized spacial score (nSPS) is 16.9. The molecule has 0 spiro atoms. The first-order chi connectivity index (χ1) is 9.56. The molecule has 0 aliphatic carbocycles. The zero-order valence-electron chi connectivity index (χ0n) is 11.6. The summed E-state index contributed by atoms with van der Waals surface area (Å²) in [5, 5.41) is 2.57. The van der Waals surface area contributed by atoms with E-state index in [2.05, 4.69) is 5.32 Å². The quantitative estimate of drug-likeness (QED) is 0.917. The summed E-state index contributed by atoms with van der Waals surface area (Å²) in [4.78, 5) is 25.1. The van der Waals surface area contributed by atoms with E-state index in [0.29, 0.717) is 0 Å². The van der Waals surface area contributed by atoms with Gasteiger partial charge >= 0.3 is 0 Å². The van der Waals surface area contributed by atoms with Gasteiger partial charge in [-0.3, -0.25) is 14.5 Å². The van der Waals surface area contributed by atoms with Crippen LogP contribution in [0.1, 0.15) is 19.8 Å². The third-order valence-corrected chi connectivity index (χ3v) is 3.68. The van der Waals surface area contributed by atoms with Gasteiger partial charge in [0.05, 0.1) is 12.2 Å². The monoisotopic (exact) mass is 278 g/mol. The third-order valence-electron chi connectivity index (χ3n) is 3.68. The molecule has 4 nitrogen and oxygen atoms in total. The van der Waals surface area contributed by atoms with Gasteiger partial charge in [-0.15, -0.1) is 0 Å². The maximum absolute atomic E-state index is 13.4. The summed E-state index contributed by atoms with van der Waals surface area (Å²) in [5.74, 6) is -0.311. The molecule has 0 radical (unpaired) electrons. The number of piperidine rings is 1. The number of ketones is 1. The number of halogens is 1. The number of Topliss-reactive ketones (excluding diaryl/α,β-unsaturated/α-hetero) is 1. The summed E-state index contributed by atoms with van der Waals surface area (Å²) in [6, 6.07) is 6.11. The molecular formula is C15H19FN2O2. The van der Waals surface area contributed by atoms with E-state index >= 15 is 0 Å². The molecule has 1 aliphatic heterocycles. The molecule has 1 aromatic rings. The maximum atomic E-state index is 13.4. The molecule has 0 bridgehead atoms. The van der Waals surface area contributed by atoms with Gasteiger partial charge in [-0.1, -0.05) is 12.1 Å². The summed E-state index contributed by atoms with van der Waals surface area (Å²) >= 11 is 0. The number of benzene rings is 1. The lowest BCUT2D eigenvalue weighted by Gasteiger charge is -2.30. The Morgan fingerprint density at radius 2 is 1.95 bits per heavy atom. The Morgan fingerprint density at radius 1 is 1.30 bits per heavy atom. The van der Waals surface area contributed by atoms with Crippen LogP contribution in [0.15, 0.2) is 24.3 Å². The van der Waals surface area contributed by atoms with Gasteiger partial charge in [-0.25, -0.2) is 4.39 Å². The Bertz CT molecular complexity index is 496. The summed E-state index contributed by atoms with van der Waals surface area (Å²) in [6.45, 7) is 3.31. The number of amides is 1. The fourth-order valence-corrected chi connectivity index (χ4v) is 2.45. The Kier molecular flexibility index (Phi) is 4.84. The first kappa shape index (κ1) is 14.7. The minimum absolute atomic E-state index is 0.126. The van der Waals surface area contributed by atoms with Crippen LogP contribution in [0.2, 0.25) is 0 Å². The molecule has 0 saturated carbocycles. The standard InChI is InChI=1S/C15H19FN2O2/c1-11(19)12-6-8-18(9-7-12)10-15(20)17-14-5-3-2-4-13(14)16/h2-5,12H,6-10H2,1H3,(H,17,20). The van der Waals surface area contributed by atoms with Crippen LogP contribution in [0.4, 0.5) is 10.1 Å². The van der Waals surface area contributed by atoms with Crippen molar-refractivity contribution in [2.45, 2.75) is 19.8 Å². The van der Waals surface area contributed by atoms with E-state index in [4.69, 9.17) is 0 Å². The minimum Gasteiger partial charge on any atom is -0.322 e. The maximum Gasteiger partial charge on any atom is 0.238 e. The number of rotatable bonds is 4. The van der Waals surface area contributed by atoms with Crippen LogP contribution in [-0.4, -0.2) is 36.2 Å². The average molecular weight is 278 g/mol. The Hall–Kier alpha value is -1.75. The summed E-state index contributed by atoms with van der Waals surface area (Å²) in [5.41, 5.74) is 0.205. The highest BCUT2D eigenvalue weighted by Crippen LogP contribution is 2.18. The second kappa shape index (κ2) is 6.61. The first-order valence-corrected chi connectivity index (χ1v) is 6.83. The summed E-state index contributed by atoms with van der Waals surface area (Å²) in [6.07, 6.45) is 1.59. The highest BCUT2D eigenvalue weighted by atomic mass is 19.1. The van der Waals surface area contributed by atoms with Gasteiger partial charge in [0, 0.05) is 5.92 Å². The Labute approximate surface area is 118 Å². The van der Waals surface area contributed by atoms with Gasteiger partial charge in [0.2, 0.25) is 5.91 Å². The SMILES string of the molecule is CC(=O)C1CCN(CC(=O)Nc2ccccc2F)CC1. The fourth-order valence-electron chi connectivity index (χ4n) is 2.45. The van der Waals surface area contributed by atoms with Gasteiger partial charge in [-0.2, -0.15) is 0 Å². The van der Waals surface area contributed by atoms with Crippen molar-refractivity contribution in [2.75, 3.05) is 25.0 Å². The van der Waals surface area contributed by atoms with Crippen LogP contribution in [-0.2, 0) is 9.59 Å². The molecule has 108 valence electrons. The van der Waals surface area contributed by atoms with Gasteiger partial charge < -0.3 is 5.32 Å². The molecule has 1 N–H and O–H groups in total. The fraction of sp³-hybridized carbons (Fsp3) is 0.467. The van der Waals surface area contributed by atoms with Crippen molar-refractivity contribution in [2.24, 2.45) is 5.92 Å². The molecule has 0 aromatic heterocycles. The van der Waals surface area contributed by atoms with E-state index in [1.165, 1.54) is 12.1 Å². The lowest BCUT2D eigenvalue weighted by Crippen LogP contribution is -2.40. The van der Waals surface area contributed by atoms with Gasteiger partial charge in [0.25, 0.3) is 0 Å². The molecule has 1 amide bonds. The predicted octanol–water partition coefficient (Wildman–Crippen LogP) is 2.07. The molecule has 1 aliphatic rings. The van der Waals surface area contributed by atoms with Crippen LogP contribution in [0.25, 0.3) is 0 Å². The largest absolute Gasteiger partial charge is 0.322 e. The number of hydrogen-bond donors (Lipinski definition) is 1. The number of anilines is 1. The zero-order valence-corrected chi connectivity index (χ0v) is 11.6. The van der Waals surface area contributed by atoms with Gasteiger partial charge in [0.15, 0.2) is 0 Å². The molecule has 0 unspecified atom stereocenters. The van der Waals surface area contributed by atoms with Crippen LogP contribution >= 0.6 is 0 Å². The van der Waals surface area contributed by atoms with Crippen molar-refractivity contribution >= 4 is 17.4 Å². The van der Waals surface area contributed by atoms with Crippen LogP contribution in [0.5, 0.6) is 0 Å². The van der Waals surface area contributed by atoms with Crippen molar-refractivity contribution in [3.05, 3.63) is 30.1 Å². The molecule has 5 heteroatoms. The highest BCUT2D eigenvalue weighted by molar-refractivity contribution is 5.92. The average Bonchev–Trinajstić information content (AvgIpc) is 2.42. The predicted molar refractivity (Wildman–Crippen MR) is 74.9 cm³/mol. The molecular weight excluding hydrogens is 259 g/mol. The number of nitrogens with zero attached hydrogens (tertiary/aromatic N) is 1. The first-order valence-electron chi connectivity index (χ1n) is 6.83. The second-order valence-electron chi connectivity index (χ2n) is 5.19. The smallest absolute Gasteiger partial charge is 0.238 e. The van der Waals surface area contributed by atoms with E-state index in [1.54, 1.807) is 19.1 Å². The molecule has 1 saturated heterocycles. The van der Waals surface area contributed by atoms with E-state index in [0.717, 1.165) is 25.9 Å². The lowest BCUT2D eigenvalue weighted by atomic mass is 9.93. The highest BCUT2D eigenvalue weighted by Gasteiger charge is 2.23. The molecule has 1 aromatic carbocycles. The molecule has 1 fully saturated rings. The van der Waals surface area contributed by atoms with Gasteiger partial charge in [-0.05, 0) is 45.0 Å². The molecule has 20 heavy (non-hydrogen) atoms. The van der Waals surface area contributed by atoms with E-state index in [9.17, 15) is 14.0 Å². The second-order valence-corrected chi connectivity index (χ2v) is 5.19. The Morgan fingerprint density at radius 3 is 2.55 bits per heavy atom. The number of carbonyl (C=O) groups excluding carboxylic acids is 2. The van der Waals surface area contributed by atoms with E-state index in [-0.39, 0.29) is 29.8 Å². The van der Waals surface area contributed by atoms with E-state index in [1.807, 2.05) is 4.90 Å². The van der Waals surface area contributed by atoms with Gasteiger partial charge in [0.1, 0.15) is 11.6 Å². The number of para-hydroxylation sites is 1. The topological polar surface area (TPSA) is 49.4 Å². The van der Waals surface area contributed by atoms with Crippen molar-refractivity contribution in [3.63, 3.8) is 0 Å². The zero-order chi connectivity index (χ0) is 14.5. The molecule has 0 atom stereocenters. The van der Waals surface area contributed by atoms with Crippen molar-refractivity contribution in [1.29, 1.82) is 0 Å². The summed E-state index contributed by atoms with van der Waals surface area (Å²) in [7, 11) is 0. The van der Waals surface area contributed by atoms with Crippen molar-refractivity contribution in [1.82, 2.24) is 4.90 Å². The lowest BCUT2D eigenvalue weighted by molar-refractivity contribution is -0.122. The summed E-state index contributed by atoms with van der Waals surface area (Å²) < 4.78 is 13.4. The molecule has 2 rings (SSSR count). The number of nitrogens with one attached hydrogen (secondary N) is 1. The number of likely N-dealkylation sites (tertiary alicyclic amines) is 1.